The number of nitrogens with one attached hydrogen (secondary N) is 1. The van der Waals surface area contributed by atoms with E-state index >= 15 is 0 Å². The van der Waals surface area contributed by atoms with Crippen molar-refractivity contribution in [3.63, 3.8) is 0 Å². The number of hydrogen-bond acceptors (Lipinski definition) is 5. The molecule has 0 radical (unpaired) electrons. The summed E-state index contributed by atoms with van der Waals surface area (Å²) >= 11 is 0. The number of rotatable bonds is 4. The maximum Gasteiger partial charge on any atom is 0.243 e. The van der Waals surface area contributed by atoms with Crippen molar-refractivity contribution in [1.82, 2.24) is 15.2 Å². The second-order valence-corrected chi connectivity index (χ2v) is 3.36. The Morgan fingerprint density at radius 3 is 2.57 bits per heavy atom. The number of aliphatic hydroxyl groups is 1. The van der Waals surface area contributed by atoms with E-state index in [1.54, 1.807) is 0 Å². The zero-order chi connectivity index (χ0) is 10.6. The minimum Gasteiger partial charge on any atom is -0.396 e. The summed E-state index contributed by atoms with van der Waals surface area (Å²) in [7, 11) is 0. The van der Waals surface area contributed by atoms with Gasteiger partial charge in [-0.15, -0.1) is 5.10 Å². The molecule has 0 spiro atoms. The summed E-state index contributed by atoms with van der Waals surface area (Å²) in [5.41, 5.74) is 1.71. The molecule has 2 N–H and O–H groups in total. The molecule has 0 aliphatic heterocycles. The van der Waals surface area contributed by atoms with Crippen LogP contribution in [0.3, 0.4) is 0 Å². The summed E-state index contributed by atoms with van der Waals surface area (Å²) in [6, 6.07) is 0.156. The van der Waals surface area contributed by atoms with Gasteiger partial charge in [-0.3, -0.25) is 0 Å². The van der Waals surface area contributed by atoms with E-state index in [4.69, 9.17) is 5.11 Å². The largest absolute Gasteiger partial charge is 0.396 e. The van der Waals surface area contributed by atoms with Crippen LogP contribution >= 0.6 is 0 Å². The molecule has 0 aliphatic carbocycles. The van der Waals surface area contributed by atoms with Gasteiger partial charge >= 0.3 is 0 Å². The summed E-state index contributed by atoms with van der Waals surface area (Å²) in [6.07, 6.45) is 0.677. The number of aliphatic hydroxyl groups excluding tert-OH is 1. The van der Waals surface area contributed by atoms with Crippen molar-refractivity contribution in [2.45, 2.75) is 33.2 Å². The first-order valence-electron chi connectivity index (χ1n) is 4.68. The molecule has 0 fully saturated rings. The zero-order valence-corrected chi connectivity index (χ0v) is 8.78. The number of aryl methyl sites for hydroxylation is 2. The van der Waals surface area contributed by atoms with Crippen LogP contribution in [0.4, 0.5) is 5.95 Å². The first-order chi connectivity index (χ1) is 6.63. The van der Waals surface area contributed by atoms with E-state index in [1.807, 2.05) is 20.8 Å². The van der Waals surface area contributed by atoms with Crippen molar-refractivity contribution in [2.75, 3.05) is 11.9 Å². The maximum atomic E-state index is 8.72. The molecule has 1 rings (SSSR count). The molecular weight excluding hydrogens is 180 g/mol. The Bertz CT molecular complexity index is 303. The van der Waals surface area contributed by atoms with Gasteiger partial charge in [0.05, 0.1) is 11.4 Å². The predicted molar refractivity (Wildman–Crippen MR) is 54.1 cm³/mol. The lowest BCUT2D eigenvalue weighted by molar-refractivity contribution is 0.282. The van der Waals surface area contributed by atoms with Crippen molar-refractivity contribution in [2.24, 2.45) is 0 Å². The van der Waals surface area contributed by atoms with Crippen molar-refractivity contribution in [3.05, 3.63) is 11.4 Å². The third kappa shape index (κ3) is 2.92. The Kier molecular flexibility index (Phi) is 3.76. The summed E-state index contributed by atoms with van der Waals surface area (Å²) in [6.45, 7) is 5.89. The molecule has 5 heteroatoms. The van der Waals surface area contributed by atoms with Crippen LogP contribution in [0.15, 0.2) is 0 Å². The first kappa shape index (κ1) is 10.8. The molecule has 78 valence electrons. The van der Waals surface area contributed by atoms with Crippen molar-refractivity contribution in [3.8, 4) is 0 Å². The van der Waals surface area contributed by atoms with E-state index < -0.39 is 0 Å². The number of nitrogens with zero attached hydrogens (tertiary/aromatic N) is 3. The highest BCUT2D eigenvalue weighted by atomic mass is 16.3. The Balaban J connectivity index is 2.63. The van der Waals surface area contributed by atoms with Gasteiger partial charge in [0.15, 0.2) is 0 Å². The van der Waals surface area contributed by atoms with Crippen LogP contribution in [0.1, 0.15) is 24.7 Å². The minimum atomic E-state index is 0.156. The van der Waals surface area contributed by atoms with E-state index in [9.17, 15) is 0 Å². The van der Waals surface area contributed by atoms with Crippen LogP contribution in [0.25, 0.3) is 0 Å². The summed E-state index contributed by atoms with van der Waals surface area (Å²) < 4.78 is 0. The van der Waals surface area contributed by atoms with Gasteiger partial charge in [0.25, 0.3) is 0 Å². The highest BCUT2D eigenvalue weighted by Gasteiger charge is 2.05. The molecule has 1 unspecified atom stereocenters. The lowest BCUT2D eigenvalue weighted by Gasteiger charge is -2.11. The minimum absolute atomic E-state index is 0.156. The second kappa shape index (κ2) is 4.85. The number of anilines is 1. The molecule has 5 nitrogen and oxygen atoms in total. The van der Waals surface area contributed by atoms with E-state index in [0.29, 0.717) is 12.4 Å². The third-order valence-corrected chi connectivity index (χ3v) is 2.03. The van der Waals surface area contributed by atoms with Crippen LogP contribution in [0, 0.1) is 13.8 Å². The van der Waals surface area contributed by atoms with Crippen molar-refractivity contribution in [1.29, 1.82) is 0 Å². The van der Waals surface area contributed by atoms with Gasteiger partial charge in [-0.2, -0.15) is 5.10 Å². The fourth-order valence-electron chi connectivity index (χ4n) is 1.00. The smallest absolute Gasteiger partial charge is 0.243 e. The van der Waals surface area contributed by atoms with E-state index in [-0.39, 0.29) is 12.6 Å². The fraction of sp³-hybridized carbons (Fsp3) is 0.667. The van der Waals surface area contributed by atoms with Gasteiger partial charge in [0.2, 0.25) is 5.95 Å². The summed E-state index contributed by atoms with van der Waals surface area (Å²) in [5, 5.41) is 19.6. The van der Waals surface area contributed by atoms with Crippen molar-refractivity contribution < 1.29 is 5.11 Å². The standard InChI is InChI=1S/C9H16N4O/c1-6(4-5-14)10-9-11-7(2)8(3)12-13-9/h6,14H,4-5H2,1-3H3,(H,10,11,13). The van der Waals surface area contributed by atoms with Crippen LogP contribution in [-0.2, 0) is 0 Å². The molecule has 1 atom stereocenters. The molecular formula is C9H16N4O. The molecule has 1 aromatic rings. The molecule has 1 aromatic heterocycles. The van der Waals surface area contributed by atoms with Gasteiger partial charge in [-0.25, -0.2) is 4.98 Å². The van der Waals surface area contributed by atoms with Crippen LogP contribution in [0.2, 0.25) is 0 Å². The molecule has 0 amide bonds. The summed E-state index contributed by atoms with van der Waals surface area (Å²) in [4.78, 5) is 4.23. The lowest BCUT2D eigenvalue weighted by atomic mass is 10.2. The quantitative estimate of drug-likeness (QED) is 0.740. The maximum absolute atomic E-state index is 8.72. The average molecular weight is 196 g/mol. The van der Waals surface area contributed by atoms with Crippen LogP contribution in [0.5, 0.6) is 0 Å². The highest BCUT2D eigenvalue weighted by molar-refractivity contribution is 5.25. The van der Waals surface area contributed by atoms with Crippen LogP contribution in [-0.4, -0.2) is 32.9 Å². The van der Waals surface area contributed by atoms with Crippen molar-refractivity contribution >= 4 is 5.95 Å². The first-order valence-corrected chi connectivity index (χ1v) is 4.68. The SMILES string of the molecule is Cc1nnc(NC(C)CCO)nc1C. The van der Waals surface area contributed by atoms with Gasteiger partial charge in [-0.05, 0) is 27.2 Å². The lowest BCUT2D eigenvalue weighted by Crippen LogP contribution is -2.19. The molecule has 0 saturated carbocycles. The molecule has 0 saturated heterocycles. The summed E-state index contributed by atoms with van der Waals surface area (Å²) in [5.74, 6) is 0.522. The van der Waals surface area contributed by atoms with E-state index in [2.05, 4.69) is 20.5 Å². The highest BCUT2D eigenvalue weighted by Crippen LogP contribution is 2.04. The third-order valence-electron chi connectivity index (χ3n) is 2.03. The Hall–Kier alpha value is -1.23. The average Bonchev–Trinajstić information content (AvgIpc) is 2.12. The molecule has 0 aromatic carbocycles. The van der Waals surface area contributed by atoms with Gasteiger partial charge < -0.3 is 10.4 Å². The van der Waals surface area contributed by atoms with Crippen LogP contribution < -0.4 is 5.32 Å². The second-order valence-electron chi connectivity index (χ2n) is 3.36. The molecule has 0 bridgehead atoms. The Morgan fingerprint density at radius 1 is 1.29 bits per heavy atom. The topological polar surface area (TPSA) is 70.9 Å². The normalized spacial score (nSPS) is 12.6. The van der Waals surface area contributed by atoms with E-state index in [1.165, 1.54) is 0 Å². The number of aromatic nitrogens is 3. The monoisotopic (exact) mass is 196 g/mol. The van der Waals surface area contributed by atoms with Gasteiger partial charge in [0, 0.05) is 12.6 Å². The zero-order valence-electron chi connectivity index (χ0n) is 8.78. The van der Waals surface area contributed by atoms with E-state index in [0.717, 1.165) is 11.4 Å². The molecule has 1 heterocycles. The Labute approximate surface area is 83.6 Å². The Morgan fingerprint density at radius 2 is 2.00 bits per heavy atom. The molecule has 0 aliphatic rings. The molecule has 14 heavy (non-hydrogen) atoms. The number of hydrogen-bond donors (Lipinski definition) is 2. The van der Waals surface area contributed by atoms with Gasteiger partial charge in [-0.1, -0.05) is 0 Å². The predicted octanol–water partition coefficient (Wildman–Crippen LogP) is 0.671. The fourth-order valence-corrected chi connectivity index (χ4v) is 1.00. The van der Waals surface area contributed by atoms with Gasteiger partial charge in [0.1, 0.15) is 0 Å².